The molecule has 0 saturated heterocycles. The zero-order valence-electron chi connectivity index (χ0n) is 16.3. The zero-order valence-corrected chi connectivity index (χ0v) is 17.1. The molecule has 0 bridgehead atoms. The molecule has 1 N–H and O–H groups in total. The Bertz CT molecular complexity index is 1090. The Hall–Kier alpha value is -2.93. The van der Waals surface area contributed by atoms with Gasteiger partial charge in [-0.3, -0.25) is 4.79 Å². The van der Waals surface area contributed by atoms with Crippen LogP contribution in [0, 0.1) is 13.8 Å². The number of aromatic amines is 1. The number of hydrogen-bond donors (Lipinski definition) is 1. The fourth-order valence-electron chi connectivity index (χ4n) is 2.81. The van der Waals surface area contributed by atoms with Gasteiger partial charge in [-0.25, -0.2) is 9.78 Å². The first-order valence-corrected chi connectivity index (χ1v) is 9.88. The van der Waals surface area contributed by atoms with E-state index in [1.165, 1.54) is 11.3 Å². The third-order valence-corrected chi connectivity index (χ3v) is 5.39. The minimum absolute atomic E-state index is 0.200. The van der Waals surface area contributed by atoms with Crippen molar-refractivity contribution >= 4 is 39.2 Å². The lowest BCUT2D eigenvalue weighted by Crippen LogP contribution is -2.15. The SMILES string of the molecule is CCOC(=O)/C(=C\c1ccc(OCC)cc1)c1nc2sc(C)c(C)c2c(=O)[nH]1. The summed E-state index contributed by atoms with van der Waals surface area (Å²) in [5.74, 6) is 0.407. The van der Waals surface area contributed by atoms with Gasteiger partial charge in [-0.1, -0.05) is 12.1 Å². The molecule has 6 nitrogen and oxygen atoms in total. The van der Waals surface area contributed by atoms with Gasteiger partial charge in [0.05, 0.1) is 18.6 Å². The van der Waals surface area contributed by atoms with Gasteiger partial charge in [0, 0.05) is 4.88 Å². The van der Waals surface area contributed by atoms with Crippen LogP contribution in [0.5, 0.6) is 5.75 Å². The largest absolute Gasteiger partial charge is 0.494 e. The summed E-state index contributed by atoms with van der Waals surface area (Å²) in [5.41, 5.74) is 1.62. The van der Waals surface area contributed by atoms with E-state index < -0.39 is 5.97 Å². The summed E-state index contributed by atoms with van der Waals surface area (Å²) in [7, 11) is 0. The molecule has 0 atom stereocenters. The Labute approximate surface area is 166 Å². The monoisotopic (exact) mass is 398 g/mol. The predicted octanol–water partition coefficient (Wildman–Crippen LogP) is 4.10. The van der Waals surface area contributed by atoms with Gasteiger partial charge in [0.1, 0.15) is 22.0 Å². The molecule has 0 unspecified atom stereocenters. The number of aryl methyl sites for hydroxylation is 2. The van der Waals surface area contributed by atoms with Crippen LogP contribution >= 0.6 is 11.3 Å². The van der Waals surface area contributed by atoms with Gasteiger partial charge in [-0.05, 0) is 57.0 Å². The Kier molecular flexibility index (Phi) is 5.94. The molecule has 3 rings (SSSR count). The third-order valence-electron chi connectivity index (χ3n) is 4.29. The van der Waals surface area contributed by atoms with Crippen molar-refractivity contribution in [3.05, 3.63) is 56.4 Å². The predicted molar refractivity (Wildman–Crippen MR) is 112 cm³/mol. The number of esters is 1. The van der Waals surface area contributed by atoms with E-state index >= 15 is 0 Å². The summed E-state index contributed by atoms with van der Waals surface area (Å²) in [5, 5.41) is 0.565. The maximum atomic E-state index is 12.6. The summed E-state index contributed by atoms with van der Waals surface area (Å²) in [6.07, 6.45) is 1.66. The molecule has 2 heterocycles. The molecule has 0 amide bonds. The first kappa shape index (κ1) is 19.8. The van der Waals surface area contributed by atoms with Crippen molar-refractivity contribution in [2.75, 3.05) is 13.2 Å². The van der Waals surface area contributed by atoms with Crippen LogP contribution in [0.3, 0.4) is 0 Å². The molecule has 0 saturated carbocycles. The van der Waals surface area contributed by atoms with Gasteiger partial charge in [0.15, 0.2) is 0 Å². The number of aromatic nitrogens is 2. The Balaban J connectivity index is 2.11. The molecular formula is C21H22N2O4S. The molecule has 3 aromatic rings. The summed E-state index contributed by atoms with van der Waals surface area (Å²) >= 11 is 1.44. The molecule has 2 aromatic heterocycles. The molecule has 0 aliphatic heterocycles. The van der Waals surface area contributed by atoms with Crippen LogP contribution in [0.15, 0.2) is 29.1 Å². The highest BCUT2D eigenvalue weighted by molar-refractivity contribution is 7.18. The average Bonchev–Trinajstić information content (AvgIpc) is 2.95. The summed E-state index contributed by atoms with van der Waals surface area (Å²) in [4.78, 5) is 34.1. The molecule has 0 radical (unpaired) electrons. The van der Waals surface area contributed by atoms with E-state index in [4.69, 9.17) is 9.47 Å². The van der Waals surface area contributed by atoms with Gasteiger partial charge >= 0.3 is 5.97 Å². The fraction of sp³-hybridized carbons (Fsp3) is 0.286. The molecule has 1 aromatic carbocycles. The number of hydrogen-bond acceptors (Lipinski definition) is 6. The highest BCUT2D eigenvalue weighted by Gasteiger charge is 2.19. The lowest BCUT2D eigenvalue weighted by Gasteiger charge is -2.08. The van der Waals surface area contributed by atoms with Gasteiger partial charge < -0.3 is 14.5 Å². The molecule has 0 fully saturated rings. The zero-order chi connectivity index (χ0) is 20.3. The van der Waals surface area contributed by atoms with E-state index in [1.807, 2.05) is 45.0 Å². The number of thiophene rings is 1. The van der Waals surface area contributed by atoms with Crippen LogP contribution in [-0.4, -0.2) is 29.2 Å². The van der Waals surface area contributed by atoms with E-state index in [-0.39, 0.29) is 23.6 Å². The standard InChI is InChI=1S/C21H22N2O4S/c1-5-26-15-9-7-14(8-10-15)11-16(21(25)27-6-2)18-22-19(24)17-12(3)13(4)28-20(17)23-18/h7-11H,5-6H2,1-4H3,(H,22,23,24)/b16-11-. The number of carbonyl (C=O) groups is 1. The molecule has 0 aliphatic rings. The molecule has 0 aliphatic carbocycles. The van der Waals surface area contributed by atoms with Gasteiger partial charge in [-0.2, -0.15) is 0 Å². The fourth-order valence-corrected chi connectivity index (χ4v) is 3.84. The maximum Gasteiger partial charge on any atom is 0.341 e. The van der Waals surface area contributed by atoms with Crippen LogP contribution in [-0.2, 0) is 9.53 Å². The van der Waals surface area contributed by atoms with Crippen molar-refractivity contribution in [3.8, 4) is 5.75 Å². The molecular weight excluding hydrogens is 376 g/mol. The number of nitrogens with one attached hydrogen (secondary N) is 1. The van der Waals surface area contributed by atoms with E-state index in [0.717, 1.165) is 21.8 Å². The maximum absolute atomic E-state index is 12.6. The van der Waals surface area contributed by atoms with Crippen LogP contribution in [0.4, 0.5) is 0 Å². The third kappa shape index (κ3) is 3.99. The Morgan fingerprint density at radius 2 is 1.89 bits per heavy atom. The van der Waals surface area contributed by atoms with Gasteiger partial charge in [0.2, 0.25) is 0 Å². The number of carbonyl (C=O) groups excluding carboxylic acids is 1. The second kappa shape index (κ2) is 8.39. The average molecular weight is 398 g/mol. The Morgan fingerprint density at radius 1 is 1.18 bits per heavy atom. The summed E-state index contributed by atoms with van der Waals surface area (Å²) in [6.45, 7) is 8.30. The smallest absolute Gasteiger partial charge is 0.341 e. The van der Waals surface area contributed by atoms with Gasteiger partial charge in [0.25, 0.3) is 5.56 Å². The summed E-state index contributed by atoms with van der Waals surface area (Å²) < 4.78 is 10.6. The van der Waals surface area contributed by atoms with Crippen molar-refractivity contribution in [1.82, 2.24) is 9.97 Å². The number of ether oxygens (including phenoxy) is 2. The van der Waals surface area contributed by atoms with E-state index in [1.54, 1.807) is 13.0 Å². The molecule has 7 heteroatoms. The number of benzene rings is 1. The minimum atomic E-state index is -0.538. The number of H-pyrrole nitrogens is 1. The molecule has 0 spiro atoms. The number of nitrogens with zero attached hydrogens (tertiary/aromatic N) is 1. The second-order valence-electron chi connectivity index (χ2n) is 6.16. The van der Waals surface area contributed by atoms with Crippen LogP contribution in [0.2, 0.25) is 0 Å². The topological polar surface area (TPSA) is 81.3 Å². The van der Waals surface area contributed by atoms with E-state index in [2.05, 4.69) is 9.97 Å². The van der Waals surface area contributed by atoms with Crippen LogP contribution in [0.25, 0.3) is 21.9 Å². The lowest BCUT2D eigenvalue weighted by molar-refractivity contribution is -0.136. The molecule has 28 heavy (non-hydrogen) atoms. The van der Waals surface area contributed by atoms with Crippen molar-refractivity contribution in [3.63, 3.8) is 0 Å². The quantitative estimate of drug-likeness (QED) is 0.499. The van der Waals surface area contributed by atoms with Crippen molar-refractivity contribution in [2.45, 2.75) is 27.7 Å². The normalized spacial score (nSPS) is 11.6. The number of fused-ring (bicyclic) bond motifs is 1. The highest BCUT2D eigenvalue weighted by Crippen LogP contribution is 2.27. The van der Waals surface area contributed by atoms with Crippen molar-refractivity contribution in [2.24, 2.45) is 0 Å². The first-order valence-electron chi connectivity index (χ1n) is 9.06. The first-order chi connectivity index (χ1) is 13.4. The number of rotatable bonds is 6. The summed E-state index contributed by atoms with van der Waals surface area (Å²) in [6, 6.07) is 7.31. The Morgan fingerprint density at radius 3 is 2.54 bits per heavy atom. The lowest BCUT2D eigenvalue weighted by atomic mass is 10.1. The highest BCUT2D eigenvalue weighted by atomic mass is 32.1. The van der Waals surface area contributed by atoms with Gasteiger partial charge in [-0.15, -0.1) is 11.3 Å². The second-order valence-corrected chi connectivity index (χ2v) is 7.36. The van der Waals surface area contributed by atoms with Crippen LogP contribution in [0.1, 0.15) is 35.7 Å². The van der Waals surface area contributed by atoms with Crippen molar-refractivity contribution < 1.29 is 14.3 Å². The van der Waals surface area contributed by atoms with Crippen LogP contribution < -0.4 is 10.3 Å². The van der Waals surface area contributed by atoms with Crippen molar-refractivity contribution in [1.29, 1.82) is 0 Å². The van der Waals surface area contributed by atoms with E-state index in [0.29, 0.717) is 16.8 Å². The molecule has 146 valence electrons. The minimum Gasteiger partial charge on any atom is -0.494 e. The van der Waals surface area contributed by atoms with E-state index in [9.17, 15) is 9.59 Å².